The molecular formula is C19H19FN2O6S. The zero-order valence-electron chi connectivity index (χ0n) is 15.6. The molecule has 1 saturated heterocycles. The zero-order valence-corrected chi connectivity index (χ0v) is 16.4. The Morgan fingerprint density at radius 1 is 1.10 bits per heavy atom. The van der Waals surface area contributed by atoms with E-state index in [0.29, 0.717) is 5.69 Å². The highest BCUT2D eigenvalue weighted by molar-refractivity contribution is 7.89. The molecule has 0 saturated carbocycles. The Bertz CT molecular complexity index is 1020. The van der Waals surface area contributed by atoms with Crippen LogP contribution in [0.15, 0.2) is 47.4 Å². The molecule has 10 heteroatoms. The summed E-state index contributed by atoms with van der Waals surface area (Å²) in [4.78, 5) is 23.8. The van der Waals surface area contributed by atoms with Crippen molar-refractivity contribution in [2.24, 2.45) is 0 Å². The molecule has 0 atom stereocenters. The number of sulfonamides is 1. The normalized spacial score (nSPS) is 15.0. The molecule has 1 heterocycles. The van der Waals surface area contributed by atoms with Crippen molar-refractivity contribution in [3.05, 3.63) is 59.4 Å². The van der Waals surface area contributed by atoms with Crippen LogP contribution in [0.3, 0.4) is 0 Å². The minimum absolute atomic E-state index is 0.174. The lowest BCUT2D eigenvalue weighted by atomic mass is 10.1. The molecule has 1 aliphatic rings. The largest absolute Gasteiger partial charge is 0.465 e. The lowest BCUT2D eigenvalue weighted by molar-refractivity contribution is 0.0600. The summed E-state index contributed by atoms with van der Waals surface area (Å²) in [5.74, 6) is -2.20. The molecule has 0 aliphatic carbocycles. The first-order valence-corrected chi connectivity index (χ1v) is 10.1. The lowest BCUT2D eigenvalue weighted by Gasteiger charge is -2.26. The van der Waals surface area contributed by atoms with Crippen LogP contribution in [0.4, 0.5) is 10.1 Å². The number of hydrogen-bond acceptors (Lipinski definition) is 6. The number of nitrogens with one attached hydrogen (secondary N) is 1. The summed E-state index contributed by atoms with van der Waals surface area (Å²) in [6.07, 6.45) is 0. The molecule has 1 amide bonds. The van der Waals surface area contributed by atoms with Crippen LogP contribution >= 0.6 is 0 Å². The molecule has 1 N–H and O–H groups in total. The molecule has 154 valence electrons. The minimum atomic E-state index is -3.87. The number of benzene rings is 2. The van der Waals surface area contributed by atoms with Crippen molar-refractivity contribution >= 4 is 27.6 Å². The molecule has 0 bridgehead atoms. The predicted molar refractivity (Wildman–Crippen MR) is 102 cm³/mol. The minimum Gasteiger partial charge on any atom is -0.465 e. The van der Waals surface area contributed by atoms with E-state index in [-0.39, 0.29) is 36.8 Å². The van der Waals surface area contributed by atoms with Crippen LogP contribution in [-0.4, -0.2) is 58.0 Å². The molecule has 1 fully saturated rings. The first kappa shape index (κ1) is 20.9. The lowest BCUT2D eigenvalue weighted by Crippen LogP contribution is -2.40. The van der Waals surface area contributed by atoms with E-state index < -0.39 is 33.3 Å². The van der Waals surface area contributed by atoms with E-state index in [1.54, 1.807) is 0 Å². The Morgan fingerprint density at radius 3 is 2.38 bits per heavy atom. The maximum atomic E-state index is 14.2. The number of rotatable bonds is 5. The number of amides is 1. The molecule has 0 radical (unpaired) electrons. The van der Waals surface area contributed by atoms with Crippen molar-refractivity contribution < 1.29 is 31.9 Å². The van der Waals surface area contributed by atoms with Gasteiger partial charge in [0, 0.05) is 18.8 Å². The third kappa shape index (κ3) is 4.61. The third-order valence-corrected chi connectivity index (χ3v) is 6.25. The van der Waals surface area contributed by atoms with Crippen molar-refractivity contribution in [2.75, 3.05) is 38.7 Å². The maximum absolute atomic E-state index is 14.2. The third-order valence-electron chi connectivity index (χ3n) is 4.35. The number of esters is 1. The van der Waals surface area contributed by atoms with E-state index in [1.165, 1.54) is 35.7 Å². The number of carbonyl (C=O) groups is 2. The Hall–Kier alpha value is -2.82. The summed E-state index contributed by atoms with van der Waals surface area (Å²) in [6, 6.07) is 8.88. The van der Waals surface area contributed by atoms with Crippen molar-refractivity contribution in [3.8, 4) is 0 Å². The number of ether oxygens (including phenoxy) is 2. The van der Waals surface area contributed by atoms with E-state index >= 15 is 0 Å². The number of halogens is 1. The second kappa shape index (κ2) is 8.68. The van der Waals surface area contributed by atoms with Gasteiger partial charge in [0.25, 0.3) is 5.91 Å². The Labute approximate surface area is 167 Å². The van der Waals surface area contributed by atoms with Gasteiger partial charge in [0.05, 0.1) is 36.3 Å². The molecule has 1 aliphatic heterocycles. The molecule has 29 heavy (non-hydrogen) atoms. The first-order valence-electron chi connectivity index (χ1n) is 8.70. The summed E-state index contributed by atoms with van der Waals surface area (Å²) in [5.41, 5.74) is 0.190. The number of carbonyl (C=O) groups excluding carboxylic acids is 2. The van der Waals surface area contributed by atoms with Gasteiger partial charge in [0.1, 0.15) is 5.82 Å². The second-order valence-electron chi connectivity index (χ2n) is 6.18. The molecule has 2 aromatic rings. The summed E-state index contributed by atoms with van der Waals surface area (Å²) >= 11 is 0. The van der Waals surface area contributed by atoms with Gasteiger partial charge in [-0.1, -0.05) is 0 Å². The van der Waals surface area contributed by atoms with Gasteiger partial charge in [0.2, 0.25) is 10.0 Å². The molecule has 8 nitrogen and oxygen atoms in total. The highest BCUT2D eigenvalue weighted by Gasteiger charge is 2.28. The summed E-state index contributed by atoms with van der Waals surface area (Å²) in [7, 11) is -2.62. The van der Waals surface area contributed by atoms with Crippen LogP contribution in [0.5, 0.6) is 0 Å². The monoisotopic (exact) mass is 422 g/mol. The number of anilines is 1. The van der Waals surface area contributed by atoms with Gasteiger partial charge in [-0.3, -0.25) is 4.79 Å². The molecular weight excluding hydrogens is 403 g/mol. The Balaban J connectivity index is 1.82. The van der Waals surface area contributed by atoms with Gasteiger partial charge in [0.15, 0.2) is 0 Å². The number of morpholine rings is 1. The molecule has 0 unspecified atom stereocenters. The van der Waals surface area contributed by atoms with E-state index in [4.69, 9.17) is 4.74 Å². The SMILES string of the molecule is COC(=O)c1ccc(NC(=O)c2cc(S(=O)(=O)N3CCOCC3)ccc2F)cc1. The maximum Gasteiger partial charge on any atom is 0.337 e. The predicted octanol–water partition coefficient (Wildman–Crippen LogP) is 1.89. The standard InChI is InChI=1S/C19H19FN2O6S/c1-27-19(24)13-2-4-14(5-3-13)21-18(23)16-12-15(6-7-17(16)20)29(25,26)22-8-10-28-11-9-22/h2-7,12H,8-11H2,1H3,(H,21,23). The highest BCUT2D eigenvalue weighted by Crippen LogP contribution is 2.21. The van der Waals surface area contributed by atoms with Crippen molar-refractivity contribution in [3.63, 3.8) is 0 Å². The number of nitrogens with zero attached hydrogens (tertiary/aromatic N) is 1. The van der Waals surface area contributed by atoms with Gasteiger partial charge in [-0.15, -0.1) is 0 Å². The quantitative estimate of drug-likeness (QED) is 0.739. The fourth-order valence-corrected chi connectivity index (χ4v) is 4.22. The number of methoxy groups -OCH3 is 1. The van der Waals surface area contributed by atoms with Crippen LogP contribution < -0.4 is 5.32 Å². The van der Waals surface area contributed by atoms with Crippen molar-refractivity contribution in [1.82, 2.24) is 4.31 Å². The second-order valence-corrected chi connectivity index (χ2v) is 8.12. The zero-order chi connectivity index (χ0) is 21.0. The molecule has 2 aromatic carbocycles. The van der Waals surface area contributed by atoms with Crippen molar-refractivity contribution in [2.45, 2.75) is 4.90 Å². The first-order chi connectivity index (χ1) is 13.8. The summed E-state index contributed by atoms with van der Waals surface area (Å²) in [5, 5.41) is 2.48. The molecule has 3 rings (SSSR count). The average Bonchev–Trinajstić information content (AvgIpc) is 2.74. The molecule has 0 aromatic heterocycles. The van der Waals surface area contributed by atoms with E-state index in [2.05, 4.69) is 10.1 Å². The van der Waals surface area contributed by atoms with Crippen LogP contribution in [0, 0.1) is 5.82 Å². The van der Waals surface area contributed by atoms with Gasteiger partial charge in [-0.2, -0.15) is 4.31 Å². The van der Waals surface area contributed by atoms with Crippen LogP contribution in [0.2, 0.25) is 0 Å². The van der Waals surface area contributed by atoms with Gasteiger partial charge in [-0.25, -0.2) is 17.6 Å². The smallest absolute Gasteiger partial charge is 0.337 e. The van der Waals surface area contributed by atoms with Gasteiger partial charge >= 0.3 is 5.97 Å². The highest BCUT2D eigenvalue weighted by atomic mass is 32.2. The van der Waals surface area contributed by atoms with Crippen molar-refractivity contribution in [1.29, 1.82) is 0 Å². The van der Waals surface area contributed by atoms with Crippen LogP contribution in [0.25, 0.3) is 0 Å². The number of hydrogen-bond donors (Lipinski definition) is 1. The fraction of sp³-hybridized carbons (Fsp3) is 0.263. The van der Waals surface area contributed by atoms with Crippen LogP contribution in [-0.2, 0) is 19.5 Å². The fourth-order valence-electron chi connectivity index (χ4n) is 2.78. The van der Waals surface area contributed by atoms with E-state index in [9.17, 15) is 22.4 Å². The topological polar surface area (TPSA) is 102 Å². The van der Waals surface area contributed by atoms with Gasteiger partial charge in [-0.05, 0) is 42.5 Å². The van der Waals surface area contributed by atoms with Gasteiger partial charge < -0.3 is 14.8 Å². The summed E-state index contributed by atoms with van der Waals surface area (Å²) in [6.45, 7) is 0.923. The molecule has 0 spiro atoms. The Morgan fingerprint density at radius 2 is 1.76 bits per heavy atom. The average molecular weight is 422 g/mol. The van der Waals surface area contributed by atoms with E-state index in [0.717, 1.165) is 18.2 Å². The van der Waals surface area contributed by atoms with Crippen LogP contribution in [0.1, 0.15) is 20.7 Å². The summed E-state index contributed by atoms with van der Waals surface area (Å²) < 4.78 is 50.7. The van der Waals surface area contributed by atoms with E-state index in [1.807, 2.05) is 0 Å². The Kier molecular flexibility index (Phi) is 6.26.